The molecule has 0 bridgehead atoms. The molecule has 0 unspecified atom stereocenters. The number of benzene rings is 4. The van der Waals surface area contributed by atoms with Gasteiger partial charge in [-0.25, -0.2) is 4.79 Å². The fraction of sp³-hybridized carbons (Fsp3) is 0.229. The van der Waals surface area contributed by atoms with Crippen molar-refractivity contribution in [3.05, 3.63) is 125 Å². The van der Waals surface area contributed by atoms with Gasteiger partial charge in [-0.15, -0.1) is 0 Å². The Bertz CT molecular complexity index is 1540. The lowest BCUT2D eigenvalue weighted by Gasteiger charge is -2.25. The van der Waals surface area contributed by atoms with E-state index in [1.807, 2.05) is 50.2 Å². The van der Waals surface area contributed by atoms with Gasteiger partial charge < -0.3 is 20.1 Å². The Kier molecular flexibility index (Phi) is 10.9. The first-order chi connectivity index (χ1) is 20.7. The zero-order valence-electron chi connectivity index (χ0n) is 24.2. The van der Waals surface area contributed by atoms with Crippen LogP contribution in [0.15, 0.2) is 103 Å². The minimum atomic E-state index is -1.03. The van der Waals surface area contributed by atoms with E-state index in [0.29, 0.717) is 52.8 Å². The molecule has 8 heteroatoms. The molecular weight excluding hydrogens is 564 g/mol. The molecule has 222 valence electrons. The Morgan fingerprint density at radius 1 is 0.860 bits per heavy atom. The number of ether oxygens (including phenoxy) is 1. The highest BCUT2D eigenvalue weighted by atomic mass is 35.5. The van der Waals surface area contributed by atoms with Crippen molar-refractivity contribution in [3.63, 3.8) is 0 Å². The normalized spacial score (nSPS) is 11.5. The minimum absolute atomic E-state index is 0.00824. The highest BCUT2D eigenvalue weighted by Crippen LogP contribution is 2.27. The Morgan fingerprint density at radius 3 is 2.19 bits per heavy atom. The third kappa shape index (κ3) is 8.46. The van der Waals surface area contributed by atoms with Crippen molar-refractivity contribution in [2.45, 2.75) is 32.7 Å². The van der Waals surface area contributed by atoms with Crippen LogP contribution in [0.4, 0.5) is 11.4 Å². The van der Waals surface area contributed by atoms with Gasteiger partial charge in [0.05, 0.1) is 17.3 Å². The van der Waals surface area contributed by atoms with Crippen LogP contribution in [0.3, 0.4) is 0 Å². The third-order valence-electron chi connectivity index (χ3n) is 6.90. The van der Waals surface area contributed by atoms with Gasteiger partial charge in [-0.1, -0.05) is 92.2 Å². The fourth-order valence-corrected chi connectivity index (χ4v) is 4.88. The molecule has 4 rings (SSSR count). The lowest BCUT2D eigenvalue weighted by molar-refractivity contribution is -0.137. The zero-order chi connectivity index (χ0) is 30.8. The molecule has 4 aromatic carbocycles. The van der Waals surface area contributed by atoms with Gasteiger partial charge in [-0.05, 0) is 48.4 Å². The number of ketones is 1. The Morgan fingerprint density at radius 2 is 1.51 bits per heavy atom. The smallest absolute Gasteiger partial charge is 0.326 e. The summed E-state index contributed by atoms with van der Waals surface area (Å²) in [6.07, 6.45) is 0.797. The van der Waals surface area contributed by atoms with Crippen molar-refractivity contribution < 1.29 is 24.2 Å². The van der Waals surface area contributed by atoms with Gasteiger partial charge in [0.25, 0.3) is 0 Å². The maximum atomic E-state index is 13.1. The van der Waals surface area contributed by atoms with Gasteiger partial charge in [-0.2, -0.15) is 0 Å². The van der Waals surface area contributed by atoms with Gasteiger partial charge >= 0.3 is 5.97 Å². The van der Waals surface area contributed by atoms with E-state index < -0.39 is 12.0 Å². The van der Waals surface area contributed by atoms with Crippen LogP contribution in [0.1, 0.15) is 41.8 Å². The van der Waals surface area contributed by atoms with E-state index in [0.717, 1.165) is 5.56 Å². The SMILES string of the molecule is CC(C)C(=O)N(CCCOc1ccc(C[C@H](Nc2ccccc2C(=O)c2ccccc2)C(=O)O)cc1)c1ccccc1Cl. The molecule has 0 radical (unpaired) electrons. The summed E-state index contributed by atoms with van der Waals surface area (Å²) in [5.74, 6) is -0.751. The minimum Gasteiger partial charge on any atom is -0.494 e. The molecule has 7 nitrogen and oxygen atoms in total. The Balaban J connectivity index is 1.35. The highest BCUT2D eigenvalue weighted by Gasteiger charge is 2.22. The molecule has 0 heterocycles. The van der Waals surface area contributed by atoms with Gasteiger partial charge in [0, 0.05) is 35.7 Å². The van der Waals surface area contributed by atoms with Crippen molar-refractivity contribution in [3.8, 4) is 5.75 Å². The number of nitrogens with zero attached hydrogens (tertiary/aromatic N) is 1. The van der Waals surface area contributed by atoms with Crippen LogP contribution in [0.2, 0.25) is 5.02 Å². The first-order valence-electron chi connectivity index (χ1n) is 14.2. The molecule has 43 heavy (non-hydrogen) atoms. The molecule has 4 aromatic rings. The number of halogens is 1. The van der Waals surface area contributed by atoms with Crippen LogP contribution in [-0.4, -0.2) is 42.0 Å². The summed E-state index contributed by atoms with van der Waals surface area (Å²) in [6, 6.07) is 29.4. The Hall–Kier alpha value is -4.62. The van der Waals surface area contributed by atoms with Gasteiger partial charge in [-0.3, -0.25) is 9.59 Å². The highest BCUT2D eigenvalue weighted by molar-refractivity contribution is 6.33. The lowest BCUT2D eigenvalue weighted by atomic mass is 10.00. The van der Waals surface area contributed by atoms with Crippen molar-refractivity contribution in [1.29, 1.82) is 0 Å². The van der Waals surface area contributed by atoms with Crippen molar-refractivity contribution in [2.24, 2.45) is 5.92 Å². The Labute approximate surface area is 257 Å². The summed E-state index contributed by atoms with van der Waals surface area (Å²) >= 11 is 6.36. The van der Waals surface area contributed by atoms with Crippen molar-refractivity contribution >= 4 is 40.6 Å². The number of nitrogens with one attached hydrogen (secondary N) is 1. The maximum absolute atomic E-state index is 13.1. The molecule has 0 saturated heterocycles. The number of carboxylic acids is 1. The second-order valence-corrected chi connectivity index (χ2v) is 10.8. The number of anilines is 2. The molecule has 0 spiro atoms. The average molecular weight is 599 g/mol. The summed E-state index contributed by atoms with van der Waals surface area (Å²) in [5, 5.41) is 13.5. The number of rotatable bonds is 14. The second kappa shape index (κ2) is 15.0. The van der Waals surface area contributed by atoms with Crippen LogP contribution in [0.25, 0.3) is 0 Å². The first kappa shape index (κ1) is 31.3. The first-order valence-corrected chi connectivity index (χ1v) is 14.6. The molecule has 0 aliphatic carbocycles. The van der Waals surface area contributed by atoms with E-state index in [2.05, 4.69) is 5.32 Å². The van der Waals surface area contributed by atoms with Crippen LogP contribution in [0.5, 0.6) is 5.75 Å². The third-order valence-corrected chi connectivity index (χ3v) is 7.22. The standard InChI is InChI=1S/C35H35ClN2O5/c1-24(2)34(40)38(32-16-9-7-14-29(32)36)21-10-22-43-27-19-17-25(18-20-27)23-31(35(41)42)37-30-15-8-6-13-28(30)33(39)26-11-4-3-5-12-26/h3-9,11-20,24,31,37H,10,21-23H2,1-2H3,(H,41,42)/t31-/m0/s1. The number of carbonyl (C=O) groups is 3. The van der Waals surface area contributed by atoms with Crippen LogP contribution < -0.4 is 15.0 Å². The predicted octanol–water partition coefficient (Wildman–Crippen LogP) is 7.14. The maximum Gasteiger partial charge on any atom is 0.326 e. The molecule has 2 N–H and O–H groups in total. The number of carboxylic acid groups (broad SMARTS) is 1. The number of para-hydroxylation sites is 2. The van der Waals surface area contributed by atoms with E-state index in [1.54, 1.807) is 71.6 Å². The van der Waals surface area contributed by atoms with Crippen molar-refractivity contribution in [2.75, 3.05) is 23.4 Å². The van der Waals surface area contributed by atoms with Crippen LogP contribution >= 0.6 is 11.6 Å². The molecular formula is C35H35ClN2O5. The van der Waals surface area contributed by atoms with E-state index >= 15 is 0 Å². The number of aliphatic carboxylic acids is 1. The quantitative estimate of drug-likeness (QED) is 0.118. The molecule has 0 aromatic heterocycles. The number of amides is 1. The lowest BCUT2D eigenvalue weighted by Crippen LogP contribution is -2.36. The largest absolute Gasteiger partial charge is 0.494 e. The summed E-state index contributed by atoms with van der Waals surface area (Å²) in [7, 11) is 0. The molecule has 0 saturated carbocycles. The van der Waals surface area contributed by atoms with E-state index in [1.165, 1.54) is 0 Å². The monoisotopic (exact) mass is 598 g/mol. The number of hydrogen-bond donors (Lipinski definition) is 2. The molecule has 1 amide bonds. The van der Waals surface area contributed by atoms with Gasteiger partial charge in [0.15, 0.2) is 5.78 Å². The molecule has 0 aliphatic rings. The second-order valence-electron chi connectivity index (χ2n) is 10.4. The van der Waals surface area contributed by atoms with Gasteiger partial charge in [0.2, 0.25) is 5.91 Å². The van der Waals surface area contributed by atoms with E-state index in [4.69, 9.17) is 16.3 Å². The predicted molar refractivity (Wildman–Crippen MR) is 170 cm³/mol. The van der Waals surface area contributed by atoms with Crippen molar-refractivity contribution in [1.82, 2.24) is 0 Å². The average Bonchev–Trinajstić information content (AvgIpc) is 3.02. The summed E-state index contributed by atoms with van der Waals surface area (Å²) in [5.41, 5.74) is 2.88. The number of carbonyl (C=O) groups excluding carboxylic acids is 2. The van der Waals surface area contributed by atoms with Crippen LogP contribution in [0, 0.1) is 5.92 Å². The zero-order valence-corrected chi connectivity index (χ0v) is 25.0. The summed E-state index contributed by atoms with van der Waals surface area (Å²) in [6.45, 7) is 4.56. The molecule has 0 fully saturated rings. The van der Waals surface area contributed by atoms with Crippen LogP contribution in [-0.2, 0) is 16.0 Å². The van der Waals surface area contributed by atoms with E-state index in [-0.39, 0.29) is 24.0 Å². The van der Waals surface area contributed by atoms with E-state index in [9.17, 15) is 19.5 Å². The summed E-state index contributed by atoms with van der Waals surface area (Å²) in [4.78, 5) is 39.8. The molecule has 1 atom stereocenters. The topological polar surface area (TPSA) is 95.9 Å². The van der Waals surface area contributed by atoms with Gasteiger partial charge in [0.1, 0.15) is 11.8 Å². The summed E-state index contributed by atoms with van der Waals surface area (Å²) < 4.78 is 5.91. The fourth-order valence-electron chi connectivity index (χ4n) is 4.64. The molecule has 0 aliphatic heterocycles. The number of hydrogen-bond acceptors (Lipinski definition) is 5.